The average molecular weight is 314 g/mol. The maximum atomic E-state index is 10.9. The molecule has 0 fully saturated rings. The average Bonchev–Trinajstić information content (AvgIpc) is 2.99. The summed E-state index contributed by atoms with van der Waals surface area (Å²) in [4.78, 5) is 24.5. The molecule has 3 rings (SSSR count). The molecule has 0 unspecified atom stereocenters. The highest BCUT2D eigenvalue weighted by atomic mass is 16.7. The molecule has 0 N–H and O–H groups in total. The van der Waals surface area contributed by atoms with E-state index in [-0.39, 0.29) is 5.69 Å². The van der Waals surface area contributed by atoms with Gasteiger partial charge in [-0.3, -0.25) is 10.1 Å². The second kappa shape index (κ2) is 7.69. The Bertz CT molecular complexity index is 728. The molecule has 0 saturated carbocycles. The largest absolute Gasteiger partial charge is 0.514 e. The van der Waals surface area contributed by atoms with Crippen molar-refractivity contribution in [2.75, 3.05) is 7.11 Å². The molecule has 2 aromatic rings. The van der Waals surface area contributed by atoms with Gasteiger partial charge in [0.15, 0.2) is 0 Å². The van der Waals surface area contributed by atoms with Gasteiger partial charge in [0.05, 0.1) is 18.6 Å². The summed E-state index contributed by atoms with van der Waals surface area (Å²) in [6.07, 6.45) is -0.736. The third-order valence-electron chi connectivity index (χ3n) is 2.95. The lowest BCUT2D eigenvalue weighted by Gasteiger charge is -2.02. The number of rotatable bonds is 1. The van der Waals surface area contributed by atoms with Crippen molar-refractivity contribution in [1.29, 1.82) is 0 Å². The van der Waals surface area contributed by atoms with Gasteiger partial charge in [-0.05, 0) is 11.6 Å². The summed E-state index contributed by atoms with van der Waals surface area (Å²) >= 11 is 0. The quantitative estimate of drug-likeness (QED) is 0.457. The second-order valence-corrected chi connectivity index (χ2v) is 4.43. The number of aliphatic imine (C=N–C) groups is 1. The number of nitrogens with zero attached hydrogens (tertiary/aromatic N) is 2. The van der Waals surface area contributed by atoms with E-state index in [0.29, 0.717) is 12.4 Å². The normalized spacial score (nSPS) is 11.4. The predicted octanol–water partition coefficient (Wildman–Crippen LogP) is 3.32. The van der Waals surface area contributed by atoms with Crippen LogP contribution < -0.4 is 0 Å². The number of nitro groups is 1. The van der Waals surface area contributed by atoms with Gasteiger partial charge < -0.3 is 9.47 Å². The van der Waals surface area contributed by atoms with Gasteiger partial charge >= 0.3 is 6.16 Å². The number of non-ortho nitro benzene ring substituents is 1. The fourth-order valence-corrected chi connectivity index (χ4v) is 1.87. The topological polar surface area (TPSA) is 91.0 Å². The summed E-state index contributed by atoms with van der Waals surface area (Å²) < 4.78 is 9.26. The molecule has 1 heterocycles. The number of fused-ring (bicyclic) bond motifs is 1. The van der Waals surface area contributed by atoms with Crippen LogP contribution >= 0.6 is 0 Å². The Hall–Kier alpha value is -3.22. The summed E-state index contributed by atoms with van der Waals surface area (Å²) in [5.41, 5.74) is 2.06. The molecule has 1 aliphatic heterocycles. The Morgan fingerprint density at radius 1 is 1.13 bits per heavy atom. The van der Waals surface area contributed by atoms with Gasteiger partial charge in [-0.15, -0.1) is 0 Å². The molecule has 7 heteroatoms. The van der Waals surface area contributed by atoms with E-state index in [1.54, 1.807) is 18.2 Å². The first kappa shape index (κ1) is 16.2. The summed E-state index contributed by atoms with van der Waals surface area (Å²) in [5.74, 6) is 0.340. The molecule has 7 nitrogen and oxygen atoms in total. The molecule has 0 aromatic heterocycles. The first-order chi connectivity index (χ1) is 11.1. The number of carbonyl (C=O) groups is 1. The highest BCUT2D eigenvalue weighted by molar-refractivity contribution is 6.02. The van der Waals surface area contributed by atoms with Crippen LogP contribution in [-0.4, -0.2) is 24.1 Å². The van der Waals surface area contributed by atoms with E-state index in [1.807, 2.05) is 24.3 Å². The Kier molecular flexibility index (Phi) is 5.40. The molecule has 2 aromatic carbocycles. The molecule has 1 aliphatic rings. The summed E-state index contributed by atoms with van der Waals surface area (Å²) in [5, 5.41) is 10.0. The van der Waals surface area contributed by atoms with Crippen molar-refractivity contribution in [1.82, 2.24) is 0 Å². The van der Waals surface area contributed by atoms with E-state index >= 15 is 0 Å². The van der Waals surface area contributed by atoms with Crippen LogP contribution in [0, 0.1) is 10.1 Å². The fourth-order valence-electron chi connectivity index (χ4n) is 1.87. The lowest BCUT2D eigenvalue weighted by molar-refractivity contribution is -0.384. The molecule has 0 bridgehead atoms. The first-order valence-corrected chi connectivity index (χ1v) is 6.69. The van der Waals surface area contributed by atoms with Crippen LogP contribution in [0.4, 0.5) is 10.5 Å². The summed E-state index contributed by atoms with van der Waals surface area (Å²) in [7, 11) is 1.27. The van der Waals surface area contributed by atoms with Gasteiger partial charge in [0, 0.05) is 17.7 Å². The van der Waals surface area contributed by atoms with E-state index < -0.39 is 11.1 Å². The van der Waals surface area contributed by atoms with Gasteiger partial charge in [0.1, 0.15) is 0 Å². The van der Waals surface area contributed by atoms with Crippen LogP contribution in [-0.2, 0) is 16.0 Å². The minimum atomic E-state index is -0.736. The van der Waals surface area contributed by atoms with Crippen molar-refractivity contribution < 1.29 is 19.2 Å². The Morgan fingerprint density at radius 3 is 2.39 bits per heavy atom. The SMILES string of the molecule is COC(=O)OC1=NCc2ccccc21.O=[N+]([O-])c1ccccc1. The Morgan fingerprint density at radius 2 is 1.78 bits per heavy atom. The second-order valence-electron chi connectivity index (χ2n) is 4.43. The maximum absolute atomic E-state index is 10.9. The molecule has 0 aliphatic carbocycles. The fraction of sp³-hybridized carbons (Fsp3) is 0.125. The zero-order chi connectivity index (χ0) is 16.7. The number of carbonyl (C=O) groups excluding carboxylic acids is 1. The van der Waals surface area contributed by atoms with E-state index in [1.165, 1.54) is 19.2 Å². The van der Waals surface area contributed by atoms with Crippen molar-refractivity contribution in [3.8, 4) is 0 Å². The summed E-state index contributed by atoms with van der Waals surface area (Å²) in [6.45, 7) is 0.558. The van der Waals surface area contributed by atoms with E-state index in [9.17, 15) is 14.9 Å². The number of nitro benzene ring substituents is 1. The van der Waals surface area contributed by atoms with Crippen LogP contribution in [0.2, 0.25) is 0 Å². The molecule has 23 heavy (non-hydrogen) atoms. The van der Waals surface area contributed by atoms with Crippen molar-refractivity contribution >= 4 is 17.7 Å². The molecule has 118 valence electrons. The monoisotopic (exact) mass is 314 g/mol. The number of ether oxygens (including phenoxy) is 2. The number of benzene rings is 2. The van der Waals surface area contributed by atoms with E-state index in [4.69, 9.17) is 4.74 Å². The lowest BCUT2D eigenvalue weighted by Crippen LogP contribution is -2.11. The third kappa shape index (κ3) is 4.37. The lowest BCUT2D eigenvalue weighted by atomic mass is 10.1. The molecular formula is C16H14N2O5. The number of hydrogen-bond acceptors (Lipinski definition) is 6. The number of para-hydroxylation sites is 1. The van der Waals surface area contributed by atoms with Gasteiger partial charge in [0.25, 0.3) is 5.69 Å². The molecule has 0 atom stereocenters. The van der Waals surface area contributed by atoms with Crippen molar-refractivity contribution in [2.45, 2.75) is 6.54 Å². The van der Waals surface area contributed by atoms with Gasteiger partial charge in [-0.2, -0.15) is 0 Å². The summed E-state index contributed by atoms with van der Waals surface area (Å²) in [6, 6.07) is 15.6. The smallest absolute Gasteiger partial charge is 0.437 e. The zero-order valence-electron chi connectivity index (χ0n) is 12.3. The third-order valence-corrected chi connectivity index (χ3v) is 2.95. The van der Waals surface area contributed by atoms with Crippen molar-refractivity contribution in [2.24, 2.45) is 4.99 Å². The Balaban J connectivity index is 0.000000185. The molecule has 0 saturated heterocycles. The highest BCUT2D eigenvalue weighted by Crippen LogP contribution is 2.18. The minimum Gasteiger partial charge on any atom is -0.437 e. The predicted molar refractivity (Wildman–Crippen MR) is 83.3 cm³/mol. The van der Waals surface area contributed by atoms with Crippen LogP contribution in [0.1, 0.15) is 11.1 Å². The van der Waals surface area contributed by atoms with Crippen LogP contribution in [0.15, 0.2) is 59.6 Å². The van der Waals surface area contributed by atoms with E-state index in [0.717, 1.165) is 11.1 Å². The van der Waals surface area contributed by atoms with Crippen molar-refractivity contribution in [3.05, 3.63) is 75.8 Å². The van der Waals surface area contributed by atoms with Crippen LogP contribution in [0.25, 0.3) is 0 Å². The molecule has 0 radical (unpaired) electrons. The van der Waals surface area contributed by atoms with Crippen LogP contribution in [0.3, 0.4) is 0 Å². The molecular weight excluding hydrogens is 300 g/mol. The van der Waals surface area contributed by atoms with Crippen molar-refractivity contribution in [3.63, 3.8) is 0 Å². The number of hydrogen-bond donors (Lipinski definition) is 0. The van der Waals surface area contributed by atoms with Gasteiger partial charge in [0.2, 0.25) is 5.90 Å². The Labute approximate surface area is 132 Å². The first-order valence-electron chi connectivity index (χ1n) is 6.69. The highest BCUT2D eigenvalue weighted by Gasteiger charge is 2.19. The minimum absolute atomic E-state index is 0.137. The standard InChI is InChI=1S/C10H9NO3.C6H5NO2/c1-13-10(12)14-9-8-5-3-2-4-7(8)6-11-9;8-7(9)6-4-2-1-3-5-6/h2-5H,6H2,1H3;1-5H. The van der Waals surface area contributed by atoms with E-state index in [2.05, 4.69) is 9.73 Å². The zero-order valence-corrected chi connectivity index (χ0v) is 12.3. The molecule has 0 spiro atoms. The number of methoxy groups -OCH3 is 1. The van der Waals surface area contributed by atoms with Gasteiger partial charge in [-0.25, -0.2) is 9.79 Å². The van der Waals surface area contributed by atoms with Gasteiger partial charge in [-0.1, -0.05) is 36.4 Å². The molecule has 0 amide bonds. The van der Waals surface area contributed by atoms with Crippen LogP contribution in [0.5, 0.6) is 0 Å². The maximum Gasteiger partial charge on any atom is 0.514 e.